The van der Waals surface area contributed by atoms with Gasteiger partial charge in [-0.25, -0.2) is 4.79 Å². The van der Waals surface area contributed by atoms with Crippen molar-refractivity contribution in [2.45, 2.75) is 6.92 Å². The van der Waals surface area contributed by atoms with Gasteiger partial charge in [0.05, 0.1) is 17.7 Å². The van der Waals surface area contributed by atoms with E-state index in [1.54, 1.807) is 48.5 Å². The molecule has 0 unspecified atom stereocenters. The number of ketones is 1. The normalized spacial score (nSPS) is 10.4. The summed E-state index contributed by atoms with van der Waals surface area (Å²) in [5.74, 6) is -1.99. The largest absolute Gasteiger partial charge is 0.478 e. The van der Waals surface area contributed by atoms with Crippen molar-refractivity contribution in [1.82, 2.24) is 0 Å². The van der Waals surface area contributed by atoms with Crippen molar-refractivity contribution in [3.05, 3.63) is 99.5 Å². The van der Waals surface area contributed by atoms with Crippen LogP contribution < -0.4 is 4.90 Å². The molecule has 29 heavy (non-hydrogen) atoms. The Kier molecular flexibility index (Phi) is 6.24. The summed E-state index contributed by atoms with van der Waals surface area (Å²) in [6, 6.07) is 20.0. The molecule has 0 aliphatic carbocycles. The van der Waals surface area contributed by atoms with Crippen LogP contribution in [-0.2, 0) is 0 Å². The van der Waals surface area contributed by atoms with E-state index >= 15 is 0 Å². The van der Waals surface area contributed by atoms with E-state index in [1.807, 2.05) is 19.1 Å². The molecule has 0 saturated carbocycles. The Balaban J connectivity index is 2.00. The summed E-state index contributed by atoms with van der Waals surface area (Å²) < 4.78 is 0.843. The van der Waals surface area contributed by atoms with Crippen molar-refractivity contribution in [3.8, 4) is 0 Å². The number of halogens is 1. The topological polar surface area (TPSA) is 74.7 Å². The Hall–Kier alpha value is -3.25. The Morgan fingerprint density at radius 2 is 1.45 bits per heavy atom. The van der Waals surface area contributed by atoms with Crippen LogP contribution in [0.2, 0.25) is 0 Å². The molecule has 6 heteroatoms. The highest BCUT2D eigenvalue weighted by Crippen LogP contribution is 2.21. The highest BCUT2D eigenvalue weighted by molar-refractivity contribution is 9.10. The van der Waals surface area contributed by atoms with Crippen molar-refractivity contribution in [1.29, 1.82) is 0 Å². The first-order valence-corrected chi connectivity index (χ1v) is 9.66. The van der Waals surface area contributed by atoms with Crippen LogP contribution in [0.4, 0.5) is 5.69 Å². The van der Waals surface area contributed by atoms with Gasteiger partial charge in [-0.1, -0.05) is 57.9 Å². The maximum atomic E-state index is 13.3. The lowest BCUT2D eigenvalue weighted by Crippen LogP contribution is -2.36. The fourth-order valence-electron chi connectivity index (χ4n) is 2.88. The van der Waals surface area contributed by atoms with Crippen LogP contribution in [0.5, 0.6) is 0 Å². The molecule has 3 rings (SSSR count). The minimum Gasteiger partial charge on any atom is -0.478 e. The summed E-state index contributed by atoms with van der Waals surface area (Å²) in [6.45, 7) is 1.71. The average Bonchev–Trinajstić information content (AvgIpc) is 2.72. The monoisotopic (exact) mass is 451 g/mol. The zero-order valence-corrected chi connectivity index (χ0v) is 17.2. The zero-order valence-electron chi connectivity index (χ0n) is 15.6. The van der Waals surface area contributed by atoms with Gasteiger partial charge in [0.1, 0.15) is 0 Å². The second-order valence-electron chi connectivity index (χ2n) is 6.51. The number of rotatable bonds is 6. The first kappa shape index (κ1) is 20.5. The summed E-state index contributed by atoms with van der Waals surface area (Å²) in [6.07, 6.45) is 0. The summed E-state index contributed by atoms with van der Waals surface area (Å²) in [7, 11) is 0. The third-order valence-corrected chi connectivity index (χ3v) is 4.98. The predicted molar refractivity (Wildman–Crippen MR) is 115 cm³/mol. The number of hydrogen-bond donors (Lipinski definition) is 1. The highest BCUT2D eigenvalue weighted by atomic mass is 79.9. The van der Waals surface area contributed by atoms with E-state index in [0.717, 1.165) is 10.0 Å². The van der Waals surface area contributed by atoms with Crippen LogP contribution in [0.1, 0.15) is 36.6 Å². The first-order chi connectivity index (χ1) is 13.9. The van der Waals surface area contributed by atoms with Crippen molar-refractivity contribution in [3.63, 3.8) is 0 Å². The van der Waals surface area contributed by atoms with Gasteiger partial charge in [-0.05, 0) is 43.3 Å². The van der Waals surface area contributed by atoms with Crippen LogP contribution in [0.15, 0.2) is 77.3 Å². The van der Waals surface area contributed by atoms with Crippen LogP contribution >= 0.6 is 15.9 Å². The first-order valence-electron chi connectivity index (χ1n) is 8.86. The Morgan fingerprint density at radius 1 is 0.862 bits per heavy atom. The van der Waals surface area contributed by atoms with Gasteiger partial charge < -0.3 is 10.0 Å². The predicted octanol–water partition coefficient (Wildman–Crippen LogP) is 4.99. The number of carboxylic acids is 1. The third-order valence-electron chi connectivity index (χ3n) is 4.45. The van der Waals surface area contributed by atoms with Gasteiger partial charge in [0.2, 0.25) is 0 Å². The third kappa shape index (κ3) is 4.78. The molecular formula is C23H18BrNO4. The number of benzene rings is 3. The van der Waals surface area contributed by atoms with Crippen molar-refractivity contribution < 1.29 is 19.5 Å². The molecule has 3 aromatic carbocycles. The number of anilines is 1. The van der Waals surface area contributed by atoms with E-state index in [4.69, 9.17) is 0 Å². The van der Waals surface area contributed by atoms with Gasteiger partial charge in [-0.15, -0.1) is 0 Å². The number of aryl methyl sites for hydroxylation is 1. The smallest absolute Gasteiger partial charge is 0.336 e. The molecule has 146 valence electrons. The Morgan fingerprint density at radius 3 is 2.03 bits per heavy atom. The summed E-state index contributed by atoms with van der Waals surface area (Å²) in [5, 5.41) is 9.45. The molecule has 0 aromatic heterocycles. The number of carbonyl (C=O) groups excluding carboxylic acids is 2. The molecule has 0 heterocycles. The molecule has 3 aromatic rings. The van der Waals surface area contributed by atoms with Gasteiger partial charge in [0, 0.05) is 15.7 Å². The van der Waals surface area contributed by atoms with Crippen LogP contribution in [-0.4, -0.2) is 29.3 Å². The van der Waals surface area contributed by atoms with Gasteiger partial charge in [0.15, 0.2) is 5.78 Å². The van der Waals surface area contributed by atoms with E-state index in [1.165, 1.54) is 17.0 Å². The number of carbonyl (C=O) groups is 3. The average molecular weight is 452 g/mol. The zero-order chi connectivity index (χ0) is 21.0. The van der Waals surface area contributed by atoms with Gasteiger partial charge >= 0.3 is 5.97 Å². The molecule has 0 spiro atoms. The Bertz CT molecular complexity index is 1060. The van der Waals surface area contributed by atoms with E-state index in [-0.39, 0.29) is 23.5 Å². The summed E-state index contributed by atoms with van der Waals surface area (Å²) in [5.41, 5.74) is 1.91. The van der Waals surface area contributed by atoms with E-state index in [0.29, 0.717) is 11.3 Å². The van der Waals surface area contributed by atoms with Crippen LogP contribution in [0.25, 0.3) is 0 Å². The van der Waals surface area contributed by atoms with E-state index in [9.17, 15) is 19.5 Å². The molecule has 0 radical (unpaired) electrons. The standard InChI is InChI=1S/C23H18BrNO4/c1-15-6-12-18(13-7-15)25(14-21(26)16-8-10-17(24)11-9-16)22(27)19-4-2-3-5-20(19)23(28)29/h2-13H,14H2,1H3,(H,28,29). The van der Waals surface area contributed by atoms with Crippen molar-refractivity contribution in [2.24, 2.45) is 0 Å². The summed E-state index contributed by atoms with van der Waals surface area (Å²) >= 11 is 3.33. The van der Waals surface area contributed by atoms with Gasteiger partial charge in [-0.2, -0.15) is 0 Å². The van der Waals surface area contributed by atoms with Gasteiger partial charge in [-0.3, -0.25) is 9.59 Å². The number of amides is 1. The van der Waals surface area contributed by atoms with Crippen molar-refractivity contribution in [2.75, 3.05) is 11.4 Å². The number of carboxylic acid groups (broad SMARTS) is 1. The molecular weight excluding hydrogens is 434 g/mol. The molecule has 1 amide bonds. The Labute approximate surface area is 176 Å². The van der Waals surface area contributed by atoms with Gasteiger partial charge in [0.25, 0.3) is 5.91 Å². The maximum absolute atomic E-state index is 13.3. The molecule has 0 saturated heterocycles. The molecule has 0 fully saturated rings. The lowest BCUT2D eigenvalue weighted by Gasteiger charge is -2.23. The molecule has 0 bridgehead atoms. The SMILES string of the molecule is Cc1ccc(N(CC(=O)c2ccc(Br)cc2)C(=O)c2ccccc2C(=O)O)cc1. The molecule has 0 aliphatic rings. The lowest BCUT2D eigenvalue weighted by molar-refractivity contribution is 0.0692. The van der Waals surface area contributed by atoms with E-state index < -0.39 is 11.9 Å². The highest BCUT2D eigenvalue weighted by Gasteiger charge is 2.25. The van der Waals surface area contributed by atoms with Crippen LogP contribution in [0.3, 0.4) is 0 Å². The molecule has 5 nitrogen and oxygen atoms in total. The quantitative estimate of drug-likeness (QED) is 0.535. The lowest BCUT2D eigenvalue weighted by atomic mass is 10.0. The maximum Gasteiger partial charge on any atom is 0.336 e. The number of hydrogen-bond acceptors (Lipinski definition) is 3. The molecule has 0 atom stereocenters. The van der Waals surface area contributed by atoms with Crippen molar-refractivity contribution >= 4 is 39.3 Å². The van der Waals surface area contributed by atoms with Crippen LogP contribution in [0, 0.1) is 6.92 Å². The fourth-order valence-corrected chi connectivity index (χ4v) is 3.14. The van der Waals surface area contributed by atoms with E-state index in [2.05, 4.69) is 15.9 Å². The fraction of sp³-hybridized carbons (Fsp3) is 0.0870. The molecule has 1 N–H and O–H groups in total. The minimum atomic E-state index is -1.20. The summed E-state index contributed by atoms with van der Waals surface area (Å²) in [4.78, 5) is 39.0. The molecule has 0 aliphatic heterocycles. The number of aromatic carboxylic acids is 1. The minimum absolute atomic E-state index is 0.0316. The number of Topliss-reactive ketones (excluding diaryl/α,β-unsaturated/α-hetero) is 1. The second-order valence-corrected chi connectivity index (χ2v) is 7.42. The number of nitrogens with zero attached hydrogens (tertiary/aromatic N) is 1. The second kappa shape index (κ2) is 8.84.